The van der Waals surface area contributed by atoms with E-state index >= 15 is 0 Å². The third-order valence-electron chi connectivity index (χ3n) is 3.79. The third kappa shape index (κ3) is 3.51. The first-order chi connectivity index (χ1) is 12.7. The molecule has 0 saturated carbocycles. The van der Waals surface area contributed by atoms with Gasteiger partial charge in [-0.1, -0.05) is 6.07 Å². The summed E-state index contributed by atoms with van der Waals surface area (Å²) in [6, 6.07) is 9.20. The number of hydrogen-bond acceptors (Lipinski definition) is 5. The first-order valence-corrected chi connectivity index (χ1v) is 7.97. The molecule has 0 aliphatic rings. The van der Waals surface area contributed by atoms with Crippen LogP contribution in [0.2, 0.25) is 0 Å². The molecular formula is C17H15F2N7. The van der Waals surface area contributed by atoms with Crippen molar-refractivity contribution in [2.75, 3.05) is 5.32 Å². The second kappa shape index (κ2) is 6.87. The normalized spacial score (nSPS) is 11.3. The molecule has 4 aromatic heterocycles. The van der Waals surface area contributed by atoms with Crippen LogP contribution in [0.25, 0.3) is 10.9 Å². The number of rotatable bonds is 6. The van der Waals surface area contributed by atoms with E-state index in [2.05, 4.69) is 25.5 Å². The van der Waals surface area contributed by atoms with E-state index < -0.39 is 13.0 Å². The Kier molecular flexibility index (Phi) is 4.26. The van der Waals surface area contributed by atoms with Gasteiger partial charge in [0.1, 0.15) is 12.4 Å². The van der Waals surface area contributed by atoms with Gasteiger partial charge in [0.05, 0.1) is 24.0 Å². The fraction of sp³-hybridized carbons (Fsp3) is 0.176. The summed E-state index contributed by atoms with van der Waals surface area (Å²) >= 11 is 0. The van der Waals surface area contributed by atoms with Crippen LogP contribution in [0.1, 0.15) is 5.69 Å². The van der Waals surface area contributed by atoms with Gasteiger partial charge in [-0.25, -0.2) is 13.8 Å². The van der Waals surface area contributed by atoms with Gasteiger partial charge in [-0.15, -0.1) is 0 Å². The van der Waals surface area contributed by atoms with Crippen molar-refractivity contribution in [2.24, 2.45) is 0 Å². The Hall–Kier alpha value is -3.36. The maximum Gasteiger partial charge on any atom is 0.257 e. The Morgan fingerprint density at radius 2 is 2.00 bits per heavy atom. The van der Waals surface area contributed by atoms with Gasteiger partial charge in [0.2, 0.25) is 0 Å². The Morgan fingerprint density at radius 3 is 2.81 bits per heavy atom. The van der Waals surface area contributed by atoms with E-state index in [1.165, 1.54) is 10.9 Å². The molecule has 4 heterocycles. The number of nitrogens with zero attached hydrogens (tertiary/aromatic N) is 6. The molecule has 0 saturated heterocycles. The third-order valence-corrected chi connectivity index (χ3v) is 3.79. The van der Waals surface area contributed by atoms with Crippen molar-refractivity contribution in [3.05, 3.63) is 60.8 Å². The first-order valence-electron chi connectivity index (χ1n) is 7.97. The van der Waals surface area contributed by atoms with E-state index in [0.717, 1.165) is 16.6 Å². The molecular weight excluding hydrogens is 340 g/mol. The number of alkyl halides is 2. The largest absolute Gasteiger partial charge is 0.323 e. The number of halogens is 2. The maximum absolute atomic E-state index is 12.4. The molecule has 26 heavy (non-hydrogen) atoms. The number of pyridine rings is 2. The van der Waals surface area contributed by atoms with Crippen LogP contribution in [-0.2, 0) is 13.1 Å². The summed E-state index contributed by atoms with van der Waals surface area (Å²) in [5.74, 6) is 1.01. The highest BCUT2D eigenvalue weighted by molar-refractivity contribution is 5.80. The molecule has 9 heteroatoms. The van der Waals surface area contributed by atoms with Crippen LogP contribution in [0.3, 0.4) is 0 Å². The molecule has 0 amide bonds. The Morgan fingerprint density at radius 1 is 1.08 bits per heavy atom. The lowest BCUT2D eigenvalue weighted by Crippen LogP contribution is -2.07. The summed E-state index contributed by atoms with van der Waals surface area (Å²) < 4.78 is 27.8. The first kappa shape index (κ1) is 16.1. The molecule has 7 nitrogen and oxygen atoms in total. The molecule has 0 bridgehead atoms. The second-order valence-corrected chi connectivity index (χ2v) is 5.69. The summed E-state index contributed by atoms with van der Waals surface area (Å²) in [7, 11) is 0. The molecule has 4 aromatic rings. The van der Waals surface area contributed by atoms with Crippen molar-refractivity contribution in [1.29, 1.82) is 0 Å². The van der Waals surface area contributed by atoms with Crippen LogP contribution < -0.4 is 5.32 Å². The molecule has 0 atom stereocenters. The lowest BCUT2D eigenvalue weighted by Gasteiger charge is -2.05. The molecule has 0 radical (unpaired) electrons. The molecule has 0 aliphatic carbocycles. The van der Waals surface area contributed by atoms with Gasteiger partial charge < -0.3 is 5.32 Å². The summed E-state index contributed by atoms with van der Waals surface area (Å²) in [4.78, 5) is 8.63. The van der Waals surface area contributed by atoms with E-state index in [0.29, 0.717) is 18.2 Å². The van der Waals surface area contributed by atoms with Gasteiger partial charge in [0.25, 0.3) is 6.43 Å². The summed E-state index contributed by atoms with van der Waals surface area (Å²) in [5.41, 5.74) is 1.79. The van der Waals surface area contributed by atoms with E-state index in [1.54, 1.807) is 24.7 Å². The minimum absolute atomic E-state index is 0.439. The van der Waals surface area contributed by atoms with Crippen LogP contribution in [0.5, 0.6) is 0 Å². The zero-order chi connectivity index (χ0) is 17.9. The lowest BCUT2D eigenvalue weighted by atomic mass is 10.3. The monoisotopic (exact) mass is 355 g/mol. The van der Waals surface area contributed by atoms with Crippen LogP contribution in [-0.4, -0.2) is 36.0 Å². The van der Waals surface area contributed by atoms with Crippen molar-refractivity contribution in [3.63, 3.8) is 0 Å². The van der Waals surface area contributed by atoms with Gasteiger partial charge >= 0.3 is 0 Å². The molecule has 0 unspecified atom stereocenters. The Labute approximate surface area is 147 Å². The fourth-order valence-corrected chi connectivity index (χ4v) is 2.61. The molecule has 132 valence electrons. The zero-order valence-corrected chi connectivity index (χ0v) is 13.6. The standard InChI is InChI=1S/C17H15F2N7/c18-15(19)11-25-6-4-16(24-25)23-17-7-14-12(8-21-17)9-22-26(14)10-13-3-1-2-5-20-13/h1-9,15H,10-11H2,(H,21,23,24). The number of fused-ring (bicyclic) bond motifs is 1. The zero-order valence-electron chi connectivity index (χ0n) is 13.6. The van der Waals surface area contributed by atoms with Gasteiger partial charge in [-0.05, 0) is 12.1 Å². The average molecular weight is 355 g/mol. The molecule has 0 aromatic carbocycles. The van der Waals surface area contributed by atoms with Crippen LogP contribution in [0.15, 0.2) is 55.1 Å². The van der Waals surface area contributed by atoms with E-state index in [1.807, 2.05) is 28.9 Å². The topological polar surface area (TPSA) is 73.5 Å². The second-order valence-electron chi connectivity index (χ2n) is 5.69. The minimum atomic E-state index is -2.45. The molecule has 4 rings (SSSR count). The smallest absolute Gasteiger partial charge is 0.257 e. The fourth-order valence-electron chi connectivity index (χ4n) is 2.61. The average Bonchev–Trinajstić information content (AvgIpc) is 3.22. The van der Waals surface area contributed by atoms with E-state index in [4.69, 9.17) is 0 Å². The summed E-state index contributed by atoms with van der Waals surface area (Å²) in [6.07, 6.45) is 4.24. The predicted molar refractivity (Wildman–Crippen MR) is 92.4 cm³/mol. The van der Waals surface area contributed by atoms with Gasteiger partial charge in [0.15, 0.2) is 5.82 Å². The van der Waals surface area contributed by atoms with Crippen LogP contribution in [0, 0.1) is 0 Å². The summed E-state index contributed by atoms with van der Waals surface area (Å²) in [5, 5.41) is 12.4. The molecule has 0 spiro atoms. The maximum atomic E-state index is 12.4. The van der Waals surface area contributed by atoms with Gasteiger partial charge in [-0.2, -0.15) is 10.2 Å². The minimum Gasteiger partial charge on any atom is -0.323 e. The van der Waals surface area contributed by atoms with Crippen molar-refractivity contribution in [2.45, 2.75) is 19.5 Å². The Bertz CT molecular complexity index is 1010. The van der Waals surface area contributed by atoms with Crippen LogP contribution >= 0.6 is 0 Å². The molecule has 1 N–H and O–H groups in total. The van der Waals surface area contributed by atoms with Crippen molar-refractivity contribution >= 4 is 22.5 Å². The highest BCUT2D eigenvalue weighted by Crippen LogP contribution is 2.20. The van der Waals surface area contributed by atoms with Gasteiger partial charge in [-0.3, -0.25) is 14.3 Å². The van der Waals surface area contributed by atoms with Crippen molar-refractivity contribution in [3.8, 4) is 0 Å². The van der Waals surface area contributed by atoms with E-state index in [-0.39, 0.29) is 0 Å². The van der Waals surface area contributed by atoms with Crippen molar-refractivity contribution < 1.29 is 8.78 Å². The lowest BCUT2D eigenvalue weighted by molar-refractivity contribution is 0.122. The predicted octanol–water partition coefficient (Wildman–Crippen LogP) is 3.08. The Balaban J connectivity index is 1.57. The number of hydrogen-bond donors (Lipinski definition) is 1. The quantitative estimate of drug-likeness (QED) is 0.575. The molecule has 0 aliphatic heterocycles. The SMILES string of the molecule is FC(F)Cn1ccc(Nc2cc3c(cn2)cnn3Cc2ccccn2)n1. The van der Waals surface area contributed by atoms with E-state index in [9.17, 15) is 8.78 Å². The molecule has 0 fully saturated rings. The van der Waals surface area contributed by atoms with Crippen LogP contribution in [0.4, 0.5) is 20.4 Å². The highest BCUT2D eigenvalue weighted by Gasteiger charge is 2.09. The number of nitrogens with one attached hydrogen (secondary N) is 1. The number of anilines is 2. The summed E-state index contributed by atoms with van der Waals surface area (Å²) in [6.45, 7) is 0.0990. The van der Waals surface area contributed by atoms with Crippen molar-refractivity contribution in [1.82, 2.24) is 29.5 Å². The number of aromatic nitrogens is 6. The highest BCUT2D eigenvalue weighted by atomic mass is 19.3. The van der Waals surface area contributed by atoms with Gasteiger partial charge in [0, 0.05) is 36.1 Å².